The quantitative estimate of drug-likeness (QED) is 0.686. The highest BCUT2D eigenvalue weighted by Crippen LogP contribution is 2.27. The predicted octanol–water partition coefficient (Wildman–Crippen LogP) is 3.31. The lowest BCUT2D eigenvalue weighted by atomic mass is 10.1. The number of aryl methyl sites for hydroxylation is 1. The molecule has 0 fully saturated rings. The van der Waals surface area contributed by atoms with Gasteiger partial charge in [0, 0.05) is 18.3 Å². The van der Waals surface area contributed by atoms with Crippen LogP contribution in [0.2, 0.25) is 0 Å². The summed E-state index contributed by atoms with van der Waals surface area (Å²) in [6, 6.07) is 7.54. The highest BCUT2D eigenvalue weighted by atomic mass is 19.4. The van der Waals surface area contributed by atoms with Gasteiger partial charge in [-0.25, -0.2) is 9.37 Å². The van der Waals surface area contributed by atoms with Crippen molar-refractivity contribution in [3.63, 3.8) is 0 Å². The Balaban J connectivity index is 1.90. The lowest BCUT2D eigenvalue weighted by Crippen LogP contribution is -2.27. The number of halogens is 4. The van der Waals surface area contributed by atoms with Crippen molar-refractivity contribution in [2.75, 3.05) is 26.0 Å². The Kier molecular flexibility index (Phi) is 5.01. The van der Waals surface area contributed by atoms with E-state index in [9.17, 15) is 17.6 Å². The van der Waals surface area contributed by atoms with Crippen LogP contribution in [0.4, 0.5) is 23.4 Å². The lowest BCUT2D eigenvalue weighted by molar-refractivity contribution is -0.144. The number of alkyl halides is 3. The van der Waals surface area contributed by atoms with Gasteiger partial charge in [-0.1, -0.05) is 12.1 Å². The first kappa shape index (κ1) is 19.0. The molecule has 0 aliphatic carbocycles. The maximum absolute atomic E-state index is 13.2. The molecule has 144 valence electrons. The minimum atomic E-state index is -4.65. The van der Waals surface area contributed by atoms with Crippen LogP contribution in [-0.2, 0) is 6.18 Å². The molecular formula is C17H18F4N6. The lowest BCUT2D eigenvalue weighted by Gasteiger charge is -2.25. The molecule has 0 saturated heterocycles. The Hall–Kier alpha value is -2.75. The summed E-state index contributed by atoms with van der Waals surface area (Å²) in [5, 5.41) is 6.63. The van der Waals surface area contributed by atoms with Crippen molar-refractivity contribution in [1.29, 1.82) is 0 Å². The van der Waals surface area contributed by atoms with E-state index in [2.05, 4.69) is 20.4 Å². The van der Waals surface area contributed by atoms with Crippen molar-refractivity contribution in [3.8, 4) is 0 Å². The Morgan fingerprint density at radius 3 is 2.41 bits per heavy atom. The molecule has 2 aromatic heterocycles. The first-order chi connectivity index (χ1) is 12.6. The van der Waals surface area contributed by atoms with E-state index in [1.807, 2.05) is 19.0 Å². The SMILES string of the molecule is Cc1cc(NC[C@@H](c2ccc(F)cc2)N(C)C)n2nc(C(F)(F)F)nc2n1. The Morgan fingerprint density at radius 2 is 1.81 bits per heavy atom. The maximum atomic E-state index is 13.2. The molecule has 10 heteroatoms. The van der Waals surface area contributed by atoms with E-state index >= 15 is 0 Å². The van der Waals surface area contributed by atoms with Crippen LogP contribution in [0.5, 0.6) is 0 Å². The van der Waals surface area contributed by atoms with E-state index < -0.39 is 12.0 Å². The van der Waals surface area contributed by atoms with Gasteiger partial charge in [-0.2, -0.15) is 22.7 Å². The van der Waals surface area contributed by atoms with Crippen molar-refractivity contribution in [3.05, 3.63) is 53.2 Å². The number of benzene rings is 1. The van der Waals surface area contributed by atoms with Crippen LogP contribution in [-0.4, -0.2) is 45.1 Å². The zero-order valence-corrected chi connectivity index (χ0v) is 14.9. The second kappa shape index (κ2) is 7.10. The average Bonchev–Trinajstić information content (AvgIpc) is 3.00. The van der Waals surface area contributed by atoms with Crippen LogP contribution >= 0.6 is 0 Å². The minimum Gasteiger partial charge on any atom is -0.368 e. The molecule has 1 atom stereocenters. The molecule has 1 aromatic carbocycles. The molecule has 27 heavy (non-hydrogen) atoms. The van der Waals surface area contributed by atoms with E-state index in [0.717, 1.165) is 10.1 Å². The van der Waals surface area contributed by atoms with Gasteiger partial charge < -0.3 is 10.2 Å². The summed E-state index contributed by atoms with van der Waals surface area (Å²) < 4.78 is 52.9. The number of likely N-dealkylation sites (N-methyl/N-ethyl adjacent to an activating group) is 1. The van der Waals surface area contributed by atoms with E-state index in [0.29, 0.717) is 18.1 Å². The van der Waals surface area contributed by atoms with E-state index in [-0.39, 0.29) is 17.6 Å². The van der Waals surface area contributed by atoms with Gasteiger partial charge in [0.05, 0.1) is 6.04 Å². The molecule has 3 aromatic rings. The summed E-state index contributed by atoms with van der Waals surface area (Å²) in [6.45, 7) is 2.02. The summed E-state index contributed by atoms with van der Waals surface area (Å²) in [7, 11) is 3.72. The van der Waals surface area contributed by atoms with E-state index in [1.54, 1.807) is 25.1 Å². The summed E-state index contributed by atoms with van der Waals surface area (Å²) >= 11 is 0. The third-order valence-corrected chi connectivity index (χ3v) is 4.05. The van der Waals surface area contributed by atoms with Crippen LogP contribution in [0.3, 0.4) is 0 Å². The zero-order chi connectivity index (χ0) is 19.8. The van der Waals surface area contributed by atoms with Gasteiger partial charge in [0.15, 0.2) is 0 Å². The average molecular weight is 382 g/mol. The van der Waals surface area contributed by atoms with Gasteiger partial charge in [-0.15, -0.1) is 5.10 Å². The standard InChI is InChI=1S/C17H18F4N6/c1-10-8-14(27-16(23-10)24-15(25-27)17(19,20)21)22-9-13(26(2)3)11-4-6-12(18)7-5-11/h4-8,13,22H,9H2,1-3H3/t13-/m0/s1. The summed E-state index contributed by atoms with van der Waals surface area (Å²) in [5.74, 6) is -1.37. The first-order valence-corrected chi connectivity index (χ1v) is 8.12. The van der Waals surface area contributed by atoms with Crippen molar-refractivity contribution in [2.45, 2.75) is 19.1 Å². The summed E-state index contributed by atoms with van der Waals surface area (Å²) in [4.78, 5) is 9.38. The Morgan fingerprint density at radius 1 is 1.15 bits per heavy atom. The Bertz CT molecular complexity index is 933. The smallest absolute Gasteiger partial charge is 0.368 e. The molecule has 0 aliphatic heterocycles. The number of rotatable bonds is 5. The minimum absolute atomic E-state index is 0.131. The number of hydrogen-bond donors (Lipinski definition) is 1. The highest BCUT2D eigenvalue weighted by Gasteiger charge is 2.36. The molecule has 0 radical (unpaired) electrons. The number of hydrogen-bond acceptors (Lipinski definition) is 5. The zero-order valence-electron chi connectivity index (χ0n) is 14.9. The first-order valence-electron chi connectivity index (χ1n) is 8.12. The maximum Gasteiger partial charge on any atom is 0.453 e. The van der Waals surface area contributed by atoms with Crippen molar-refractivity contribution in [2.24, 2.45) is 0 Å². The molecule has 3 rings (SSSR count). The van der Waals surface area contributed by atoms with Crippen LogP contribution < -0.4 is 5.32 Å². The van der Waals surface area contributed by atoms with Crippen molar-refractivity contribution >= 4 is 11.6 Å². The molecule has 1 N–H and O–H groups in total. The number of nitrogens with one attached hydrogen (secondary N) is 1. The van der Waals surface area contributed by atoms with Gasteiger partial charge in [-0.3, -0.25) is 0 Å². The van der Waals surface area contributed by atoms with Gasteiger partial charge in [0.1, 0.15) is 11.6 Å². The third kappa shape index (κ3) is 4.16. The van der Waals surface area contributed by atoms with Gasteiger partial charge in [0.25, 0.3) is 11.6 Å². The second-order valence-electron chi connectivity index (χ2n) is 6.34. The van der Waals surface area contributed by atoms with Crippen LogP contribution in [0.1, 0.15) is 23.1 Å². The molecule has 0 amide bonds. The van der Waals surface area contributed by atoms with Crippen LogP contribution in [0.15, 0.2) is 30.3 Å². The summed E-state index contributed by atoms with van der Waals surface area (Å²) in [6.07, 6.45) is -4.65. The van der Waals surface area contributed by atoms with E-state index in [1.165, 1.54) is 12.1 Å². The molecule has 0 saturated carbocycles. The van der Waals surface area contributed by atoms with E-state index in [4.69, 9.17) is 0 Å². The van der Waals surface area contributed by atoms with Gasteiger partial charge >= 0.3 is 6.18 Å². The fourth-order valence-electron chi connectivity index (χ4n) is 2.72. The summed E-state index contributed by atoms with van der Waals surface area (Å²) in [5.41, 5.74) is 1.37. The number of nitrogens with zero attached hydrogens (tertiary/aromatic N) is 5. The molecule has 6 nitrogen and oxygen atoms in total. The topological polar surface area (TPSA) is 58.4 Å². The van der Waals surface area contributed by atoms with Gasteiger partial charge in [-0.05, 0) is 38.7 Å². The molecule has 0 bridgehead atoms. The normalized spacial score (nSPS) is 13.3. The van der Waals surface area contributed by atoms with Crippen LogP contribution in [0, 0.1) is 12.7 Å². The third-order valence-electron chi connectivity index (χ3n) is 4.05. The molecule has 0 unspecified atom stereocenters. The molecular weight excluding hydrogens is 364 g/mol. The fraction of sp³-hybridized carbons (Fsp3) is 0.353. The molecule has 0 spiro atoms. The predicted molar refractivity (Wildman–Crippen MR) is 91.8 cm³/mol. The Labute approximate surface area is 152 Å². The second-order valence-corrected chi connectivity index (χ2v) is 6.34. The molecule has 0 aliphatic rings. The van der Waals surface area contributed by atoms with Crippen LogP contribution in [0.25, 0.3) is 5.78 Å². The van der Waals surface area contributed by atoms with Gasteiger partial charge in [0.2, 0.25) is 0 Å². The van der Waals surface area contributed by atoms with Crippen molar-refractivity contribution in [1.82, 2.24) is 24.5 Å². The fourth-order valence-corrected chi connectivity index (χ4v) is 2.72. The number of fused-ring (bicyclic) bond motifs is 1. The number of anilines is 1. The molecule has 2 heterocycles. The monoisotopic (exact) mass is 382 g/mol. The largest absolute Gasteiger partial charge is 0.453 e. The highest BCUT2D eigenvalue weighted by molar-refractivity contribution is 5.46. The van der Waals surface area contributed by atoms with Crippen molar-refractivity contribution < 1.29 is 17.6 Å². The number of aromatic nitrogens is 4.